The highest BCUT2D eigenvalue weighted by molar-refractivity contribution is 5.78. The Morgan fingerprint density at radius 1 is 0.778 bits per heavy atom. The first-order chi connectivity index (χ1) is 12.6. The minimum atomic E-state index is -0.805. The van der Waals surface area contributed by atoms with Gasteiger partial charge in [0.05, 0.1) is 5.41 Å². The van der Waals surface area contributed by atoms with E-state index in [2.05, 4.69) is 66.6 Å². The zero-order chi connectivity index (χ0) is 20.6. The van der Waals surface area contributed by atoms with Crippen LogP contribution in [-0.2, 0) is 39.5 Å². The summed E-state index contributed by atoms with van der Waals surface area (Å²) in [7, 11) is 0. The number of rotatable bonds is 4. The molecule has 0 N–H and O–H groups in total. The van der Waals surface area contributed by atoms with Gasteiger partial charge in [-0.25, -0.2) is 9.59 Å². The summed E-state index contributed by atoms with van der Waals surface area (Å²) < 4.78 is 0. The largest absolute Gasteiger partial charge is 0.352 e. The summed E-state index contributed by atoms with van der Waals surface area (Å²) in [5.74, 6) is -1.10. The van der Waals surface area contributed by atoms with Crippen LogP contribution in [0.5, 0.6) is 0 Å². The molecule has 0 aromatic carbocycles. The lowest BCUT2D eigenvalue weighted by Gasteiger charge is -2.53. The maximum atomic E-state index is 13.2. The van der Waals surface area contributed by atoms with Crippen molar-refractivity contribution in [1.82, 2.24) is 0 Å². The standard InChI is InChI=1S/C19H34O8/c1-7-17(3,4)19(18(5,6)8-2)14-12-10-9-11-13-15(20)22-24-26-27-25-23-16(19)21/h7-14H2,1-6H3. The van der Waals surface area contributed by atoms with Crippen LogP contribution in [0.2, 0.25) is 0 Å². The summed E-state index contributed by atoms with van der Waals surface area (Å²) in [6, 6.07) is 0. The van der Waals surface area contributed by atoms with Crippen molar-refractivity contribution in [3.63, 3.8) is 0 Å². The minimum Gasteiger partial charge on any atom is -0.267 e. The fourth-order valence-electron chi connectivity index (χ4n) is 4.10. The molecule has 0 amide bonds. The van der Waals surface area contributed by atoms with Crippen molar-refractivity contribution in [2.75, 3.05) is 0 Å². The highest BCUT2D eigenvalue weighted by Crippen LogP contribution is 2.58. The maximum Gasteiger partial charge on any atom is 0.352 e. The normalized spacial score (nSPS) is 21.6. The topological polar surface area (TPSA) is 89.5 Å². The van der Waals surface area contributed by atoms with E-state index in [-0.39, 0.29) is 17.3 Å². The molecular weight excluding hydrogens is 356 g/mol. The molecule has 27 heavy (non-hydrogen) atoms. The van der Waals surface area contributed by atoms with Gasteiger partial charge in [0, 0.05) is 26.6 Å². The van der Waals surface area contributed by atoms with Gasteiger partial charge < -0.3 is 0 Å². The molecule has 158 valence electrons. The molecule has 0 atom stereocenters. The van der Waals surface area contributed by atoms with Crippen LogP contribution in [-0.4, -0.2) is 11.9 Å². The van der Waals surface area contributed by atoms with E-state index in [0.717, 1.165) is 32.1 Å². The Morgan fingerprint density at radius 3 is 1.85 bits per heavy atom. The van der Waals surface area contributed by atoms with E-state index in [4.69, 9.17) is 4.89 Å². The second-order valence-electron chi connectivity index (χ2n) is 8.39. The summed E-state index contributed by atoms with van der Waals surface area (Å²) in [5, 5.41) is 16.8. The van der Waals surface area contributed by atoms with Crippen molar-refractivity contribution >= 4 is 11.9 Å². The van der Waals surface area contributed by atoms with Crippen molar-refractivity contribution in [1.29, 1.82) is 0 Å². The Labute approximate surface area is 161 Å². The molecule has 1 aliphatic heterocycles. The number of carbonyl (C=O) groups excluding carboxylic acids is 2. The number of hydrogen-bond donors (Lipinski definition) is 0. The average Bonchev–Trinajstić information content (AvgIpc) is 2.63. The first-order valence-electron chi connectivity index (χ1n) is 9.73. The molecule has 1 saturated heterocycles. The zero-order valence-electron chi connectivity index (χ0n) is 17.4. The molecule has 1 fully saturated rings. The van der Waals surface area contributed by atoms with Crippen molar-refractivity contribution in [2.45, 2.75) is 92.9 Å². The highest BCUT2D eigenvalue weighted by atomic mass is 17.8. The van der Waals surface area contributed by atoms with Crippen molar-refractivity contribution in [3.05, 3.63) is 0 Å². The Hall–Kier alpha value is -1.22. The van der Waals surface area contributed by atoms with Crippen LogP contribution < -0.4 is 0 Å². The van der Waals surface area contributed by atoms with Crippen molar-refractivity contribution in [3.8, 4) is 0 Å². The minimum absolute atomic E-state index is 0.200. The van der Waals surface area contributed by atoms with Crippen LogP contribution >= 0.6 is 0 Å². The van der Waals surface area contributed by atoms with Gasteiger partial charge in [-0.2, -0.15) is 0 Å². The summed E-state index contributed by atoms with van der Waals surface area (Å²) in [5.41, 5.74) is -1.51. The Kier molecular flexibility index (Phi) is 9.14. The highest BCUT2D eigenvalue weighted by Gasteiger charge is 2.59. The molecule has 0 radical (unpaired) electrons. The van der Waals surface area contributed by atoms with E-state index in [9.17, 15) is 9.59 Å². The predicted molar refractivity (Wildman–Crippen MR) is 94.8 cm³/mol. The lowest BCUT2D eigenvalue weighted by Crippen LogP contribution is -2.55. The molecule has 8 nitrogen and oxygen atoms in total. The number of carbonyl (C=O) groups is 2. The third-order valence-corrected chi connectivity index (χ3v) is 6.43. The second kappa shape index (κ2) is 10.4. The van der Waals surface area contributed by atoms with Crippen LogP contribution in [0.1, 0.15) is 92.9 Å². The molecule has 0 saturated carbocycles. The summed E-state index contributed by atoms with van der Waals surface area (Å²) in [6.07, 6.45) is 5.62. The third kappa shape index (κ3) is 5.63. The van der Waals surface area contributed by atoms with Gasteiger partial charge in [-0.1, -0.05) is 60.8 Å². The van der Waals surface area contributed by atoms with Gasteiger partial charge in [0.1, 0.15) is 0 Å². The maximum absolute atomic E-state index is 13.2. The monoisotopic (exact) mass is 390 g/mol. The molecule has 1 heterocycles. The predicted octanol–water partition coefficient (Wildman–Crippen LogP) is 4.93. The summed E-state index contributed by atoms with van der Waals surface area (Å²) in [6.45, 7) is 12.4. The van der Waals surface area contributed by atoms with E-state index >= 15 is 0 Å². The average molecular weight is 390 g/mol. The molecular formula is C19H34O8. The molecule has 0 bridgehead atoms. The quantitative estimate of drug-likeness (QED) is 0.624. The fraction of sp³-hybridized carbons (Fsp3) is 0.895. The molecule has 0 spiro atoms. The van der Waals surface area contributed by atoms with Gasteiger partial charge in [0.25, 0.3) is 0 Å². The second-order valence-corrected chi connectivity index (χ2v) is 8.39. The van der Waals surface area contributed by atoms with Gasteiger partial charge in [-0.15, -0.1) is 0 Å². The van der Waals surface area contributed by atoms with Gasteiger partial charge in [0.2, 0.25) is 0 Å². The first kappa shape index (κ1) is 23.8. The van der Waals surface area contributed by atoms with Crippen molar-refractivity contribution < 1.29 is 39.5 Å². The zero-order valence-corrected chi connectivity index (χ0v) is 17.4. The van der Waals surface area contributed by atoms with Gasteiger partial charge >= 0.3 is 11.9 Å². The molecule has 0 aromatic heterocycles. The van der Waals surface area contributed by atoms with Gasteiger partial charge in [0.15, 0.2) is 0 Å². The van der Waals surface area contributed by atoms with Crippen LogP contribution in [0.4, 0.5) is 0 Å². The molecule has 1 rings (SSSR count). The molecule has 0 aromatic rings. The van der Waals surface area contributed by atoms with Crippen LogP contribution in [0, 0.1) is 16.2 Å². The van der Waals surface area contributed by atoms with Gasteiger partial charge in [-0.3, -0.25) is 9.78 Å². The van der Waals surface area contributed by atoms with E-state index in [1.807, 2.05) is 0 Å². The molecule has 0 aliphatic carbocycles. The number of hydrogen-bond acceptors (Lipinski definition) is 8. The lowest BCUT2D eigenvalue weighted by atomic mass is 9.49. The molecule has 0 unspecified atom stereocenters. The van der Waals surface area contributed by atoms with E-state index in [1.54, 1.807) is 0 Å². The smallest absolute Gasteiger partial charge is 0.267 e. The van der Waals surface area contributed by atoms with Gasteiger partial charge in [-0.05, 0) is 36.5 Å². The molecule has 8 heteroatoms. The summed E-state index contributed by atoms with van der Waals surface area (Å²) in [4.78, 5) is 33.9. The Morgan fingerprint density at radius 2 is 1.30 bits per heavy atom. The Bertz CT molecular complexity index is 470. The van der Waals surface area contributed by atoms with E-state index in [0.29, 0.717) is 12.8 Å². The summed E-state index contributed by atoms with van der Waals surface area (Å²) >= 11 is 0. The first-order valence-corrected chi connectivity index (χ1v) is 9.73. The van der Waals surface area contributed by atoms with Crippen molar-refractivity contribution in [2.24, 2.45) is 16.2 Å². The van der Waals surface area contributed by atoms with E-state index in [1.165, 1.54) is 0 Å². The van der Waals surface area contributed by atoms with Crippen LogP contribution in [0.15, 0.2) is 0 Å². The van der Waals surface area contributed by atoms with Crippen LogP contribution in [0.3, 0.4) is 0 Å². The SMILES string of the molecule is CCC(C)(C)C1(C(C)(C)CC)CCCCCCC(=O)OOOOOOC1=O. The Balaban J connectivity index is 3.14. The fourth-order valence-corrected chi connectivity index (χ4v) is 4.10. The van der Waals surface area contributed by atoms with E-state index < -0.39 is 17.4 Å². The van der Waals surface area contributed by atoms with Crippen LogP contribution in [0.25, 0.3) is 0 Å². The third-order valence-electron chi connectivity index (χ3n) is 6.43. The lowest BCUT2D eigenvalue weighted by molar-refractivity contribution is -0.742. The molecule has 1 aliphatic rings.